The van der Waals surface area contributed by atoms with Gasteiger partial charge in [-0.2, -0.15) is 5.26 Å². The Morgan fingerprint density at radius 2 is 2.04 bits per heavy atom. The second kappa shape index (κ2) is 9.89. The summed E-state index contributed by atoms with van der Waals surface area (Å²) in [5, 5.41) is 11.8. The molecule has 2 rings (SSSR count). The van der Waals surface area contributed by atoms with Crippen molar-refractivity contribution in [3.8, 4) is 24.2 Å². The first-order valence-electron chi connectivity index (χ1n) is 8.55. The van der Waals surface area contributed by atoms with Crippen LogP contribution >= 0.6 is 0 Å². The van der Waals surface area contributed by atoms with Crippen molar-refractivity contribution in [3.05, 3.63) is 65.6 Å². The quantitative estimate of drug-likeness (QED) is 0.443. The second-order valence-corrected chi connectivity index (χ2v) is 5.68. The molecule has 0 bridgehead atoms. The number of nitrogens with one attached hydrogen (secondary N) is 1. The van der Waals surface area contributed by atoms with Crippen molar-refractivity contribution in [2.75, 3.05) is 18.7 Å². The van der Waals surface area contributed by atoms with Crippen LogP contribution in [-0.4, -0.2) is 19.3 Å². The average Bonchev–Trinajstić information content (AvgIpc) is 2.69. The first-order valence-corrected chi connectivity index (χ1v) is 8.55. The zero-order chi connectivity index (χ0) is 19.6. The zero-order valence-electron chi connectivity index (χ0n) is 15.2. The molecule has 1 N–H and O–H groups in total. The largest absolute Gasteiger partial charge is 0.492 e. The first-order chi connectivity index (χ1) is 13.1. The summed E-state index contributed by atoms with van der Waals surface area (Å²) in [6, 6.07) is 12.7. The number of carbonyl (C=O) groups is 1. The third-order valence-corrected chi connectivity index (χ3v) is 3.89. The van der Waals surface area contributed by atoms with Crippen molar-refractivity contribution in [2.24, 2.45) is 0 Å². The number of carbonyl (C=O) groups excluding carboxylic acids is 1. The van der Waals surface area contributed by atoms with Gasteiger partial charge in [0.2, 0.25) is 0 Å². The van der Waals surface area contributed by atoms with E-state index in [2.05, 4.69) is 18.2 Å². The number of aryl methyl sites for hydroxylation is 1. The monoisotopic (exact) mass is 361 g/mol. The van der Waals surface area contributed by atoms with E-state index in [0.717, 1.165) is 17.7 Å². The van der Waals surface area contributed by atoms with Crippen LogP contribution in [0.1, 0.15) is 29.2 Å². The predicted octanol–water partition coefficient (Wildman–Crippen LogP) is 3.47. The van der Waals surface area contributed by atoms with Gasteiger partial charge in [-0.15, -0.1) is 6.42 Å². The van der Waals surface area contributed by atoms with Gasteiger partial charge in [0.05, 0.1) is 30.2 Å². The Hall–Kier alpha value is -3.44. The van der Waals surface area contributed by atoms with E-state index < -0.39 is 5.97 Å². The van der Waals surface area contributed by atoms with Crippen LogP contribution in [0.3, 0.4) is 0 Å². The topological polar surface area (TPSA) is 71.3 Å². The van der Waals surface area contributed by atoms with Gasteiger partial charge in [0.15, 0.2) is 6.73 Å². The highest BCUT2D eigenvalue weighted by atomic mass is 16.5. The molecule has 0 fully saturated rings. The molecule has 0 aliphatic carbocycles. The number of esters is 1. The summed E-state index contributed by atoms with van der Waals surface area (Å²) in [7, 11) is 0. The van der Waals surface area contributed by atoms with E-state index in [0.29, 0.717) is 22.4 Å². The SMILES string of the molecule is C#Cc1cc(CC)cc(CC(=O)OCNc2ccc(C#N)cc2)c1OC[CH2]. The molecule has 2 aromatic carbocycles. The van der Waals surface area contributed by atoms with E-state index in [1.165, 1.54) is 0 Å². The van der Waals surface area contributed by atoms with Crippen molar-refractivity contribution >= 4 is 11.7 Å². The molecular weight excluding hydrogens is 340 g/mol. The number of hydrogen-bond acceptors (Lipinski definition) is 5. The molecule has 27 heavy (non-hydrogen) atoms. The number of nitriles is 1. The van der Waals surface area contributed by atoms with Crippen LogP contribution in [0.25, 0.3) is 0 Å². The predicted molar refractivity (Wildman–Crippen MR) is 104 cm³/mol. The van der Waals surface area contributed by atoms with Crippen molar-refractivity contribution in [1.29, 1.82) is 5.26 Å². The van der Waals surface area contributed by atoms with Crippen molar-refractivity contribution < 1.29 is 14.3 Å². The molecule has 1 radical (unpaired) electrons. The van der Waals surface area contributed by atoms with E-state index >= 15 is 0 Å². The fraction of sp³-hybridized carbons (Fsp3) is 0.227. The summed E-state index contributed by atoms with van der Waals surface area (Å²) in [6.07, 6.45) is 6.41. The van der Waals surface area contributed by atoms with Crippen molar-refractivity contribution in [2.45, 2.75) is 19.8 Å². The highest BCUT2D eigenvalue weighted by Gasteiger charge is 2.15. The van der Waals surface area contributed by atoms with Crippen LogP contribution in [0.5, 0.6) is 5.75 Å². The molecule has 0 saturated heterocycles. The number of hydrogen-bond donors (Lipinski definition) is 1. The van der Waals surface area contributed by atoms with Gasteiger partial charge in [0, 0.05) is 11.3 Å². The minimum absolute atomic E-state index is 0.0196. The number of benzene rings is 2. The summed E-state index contributed by atoms with van der Waals surface area (Å²) in [5.41, 5.74) is 3.64. The van der Waals surface area contributed by atoms with E-state index in [9.17, 15) is 4.79 Å². The molecule has 137 valence electrons. The Morgan fingerprint density at radius 1 is 1.30 bits per heavy atom. The lowest BCUT2D eigenvalue weighted by molar-refractivity contribution is -0.142. The molecule has 0 amide bonds. The molecule has 0 spiro atoms. The fourth-order valence-corrected chi connectivity index (χ4v) is 2.54. The Morgan fingerprint density at radius 3 is 2.63 bits per heavy atom. The van der Waals surface area contributed by atoms with Gasteiger partial charge >= 0.3 is 5.97 Å². The molecule has 5 heteroatoms. The Bertz CT molecular complexity index is 874. The molecule has 2 aromatic rings. The summed E-state index contributed by atoms with van der Waals surface area (Å²) >= 11 is 0. The number of terminal acetylenes is 1. The maximum Gasteiger partial charge on any atom is 0.312 e. The van der Waals surface area contributed by atoms with Crippen LogP contribution in [0.2, 0.25) is 0 Å². The molecule has 0 aliphatic heterocycles. The van der Waals surface area contributed by atoms with Crippen molar-refractivity contribution in [1.82, 2.24) is 0 Å². The standard InChI is InChI=1S/C22H21N2O3/c1-4-16-11-18(5-2)22(26-6-3)19(12-16)13-21(25)27-15-24-20-9-7-17(14-23)8-10-20/h2,7-12,24H,3-4,6,13,15H2,1H3. The third kappa shape index (κ3) is 5.52. The summed E-state index contributed by atoms with van der Waals surface area (Å²) < 4.78 is 10.8. The molecule has 0 saturated carbocycles. The Labute approximate surface area is 159 Å². The lowest BCUT2D eigenvalue weighted by Gasteiger charge is -2.14. The van der Waals surface area contributed by atoms with Gasteiger partial charge in [-0.05, 0) is 49.2 Å². The normalized spacial score (nSPS) is 9.78. The van der Waals surface area contributed by atoms with Crippen LogP contribution < -0.4 is 10.1 Å². The van der Waals surface area contributed by atoms with Gasteiger partial charge in [-0.3, -0.25) is 4.79 Å². The van der Waals surface area contributed by atoms with Crippen LogP contribution in [0.4, 0.5) is 5.69 Å². The molecule has 0 heterocycles. The van der Waals surface area contributed by atoms with Gasteiger partial charge < -0.3 is 14.8 Å². The summed E-state index contributed by atoms with van der Waals surface area (Å²) in [4.78, 5) is 12.2. The Balaban J connectivity index is 2.01. The minimum atomic E-state index is -0.402. The number of anilines is 1. The second-order valence-electron chi connectivity index (χ2n) is 5.68. The zero-order valence-corrected chi connectivity index (χ0v) is 15.2. The number of ether oxygens (including phenoxy) is 2. The smallest absolute Gasteiger partial charge is 0.312 e. The van der Waals surface area contributed by atoms with Crippen LogP contribution in [0, 0.1) is 30.6 Å². The molecule has 0 aliphatic rings. The van der Waals surface area contributed by atoms with E-state index in [1.54, 1.807) is 24.3 Å². The average molecular weight is 361 g/mol. The van der Waals surface area contributed by atoms with Gasteiger partial charge in [-0.25, -0.2) is 0 Å². The van der Waals surface area contributed by atoms with Crippen LogP contribution in [0.15, 0.2) is 36.4 Å². The highest BCUT2D eigenvalue weighted by molar-refractivity contribution is 5.74. The first kappa shape index (κ1) is 19.9. The lowest BCUT2D eigenvalue weighted by Crippen LogP contribution is -2.15. The maximum absolute atomic E-state index is 12.2. The molecule has 0 atom stereocenters. The summed E-state index contributed by atoms with van der Waals surface area (Å²) in [5.74, 6) is 2.70. The molecular formula is C22H21N2O3. The lowest BCUT2D eigenvalue weighted by atomic mass is 10.0. The minimum Gasteiger partial charge on any atom is -0.492 e. The van der Waals surface area contributed by atoms with Gasteiger partial charge in [0.1, 0.15) is 5.75 Å². The van der Waals surface area contributed by atoms with E-state index in [-0.39, 0.29) is 19.8 Å². The fourth-order valence-electron chi connectivity index (χ4n) is 2.54. The van der Waals surface area contributed by atoms with Crippen LogP contribution in [-0.2, 0) is 22.4 Å². The third-order valence-electron chi connectivity index (χ3n) is 3.89. The summed E-state index contributed by atoms with van der Waals surface area (Å²) in [6.45, 7) is 5.92. The van der Waals surface area contributed by atoms with Crippen molar-refractivity contribution in [3.63, 3.8) is 0 Å². The Kier molecular flexibility index (Phi) is 7.28. The molecule has 0 unspecified atom stereocenters. The molecule has 5 nitrogen and oxygen atoms in total. The van der Waals surface area contributed by atoms with Gasteiger partial charge in [0.25, 0.3) is 0 Å². The number of rotatable bonds is 8. The maximum atomic E-state index is 12.2. The van der Waals surface area contributed by atoms with E-state index in [4.69, 9.17) is 21.2 Å². The molecule has 0 aromatic heterocycles. The van der Waals surface area contributed by atoms with E-state index in [1.807, 2.05) is 25.1 Å². The van der Waals surface area contributed by atoms with Gasteiger partial charge in [-0.1, -0.05) is 18.9 Å². The number of nitrogens with zero attached hydrogens (tertiary/aromatic N) is 1. The highest BCUT2D eigenvalue weighted by Crippen LogP contribution is 2.27.